The Morgan fingerprint density at radius 2 is 1.18 bits per heavy atom. The van der Waals surface area contributed by atoms with Gasteiger partial charge in [-0.05, 0) is 12.8 Å². The lowest BCUT2D eigenvalue weighted by molar-refractivity contribution is -0.190. The summed E-state index contributed by atoms with van der Waals surface area (Å²) in [6.45, 7) is 6.92. The molecule has 0 saturated carbocycles. The Bertz CT molecular complexity index is 359. The van der Waals surface area contributed by atoms with E-state index in [0.29, 0.717) is 26.4 Å². The van der Waals surface area contributed by atoms with Crippen LogP contribution in [0.4, 0.5) is 0 Å². The highest BCUT2D eigenvalue weighted by Gasteiger charge is 2.41. The summed E-state index contributed by atoms with van der Waals surface area (Å²) in [6, 6.07) is 0. The van der Waals surface area contributed by atoms with Crippen molar-refractivity contribution >= 4 is 11.9 Å². The standard InChI is InChI=1S/C16H26O6/c1-3-5-15(7-19-8-15)11-21-13(17)14(18)22-12-16(6-4-2)9-20-10-16/h3-12H2,1-2H3. The van der Waals surface area contributed by atoms with E-state index >= 15 is 0 Å². The third kappa shape index (κ3) is 3.98. The van der Waals surface area contributed by atoms with Gasteiger partial charge in [-0.1, -0.05) is 26.7 Å². The number of ether oxygens (including phenoxy) is 4. The number of rotatable bonds is 8. The SMILES string of the molecule is CCCC1(COC(=O)C(=O)OCC2(CCC)COC2)COC1. The lowest BCUT2D eigenvalue weighted by Crippen LogP contribution is -2.48. The molecule has 2 aliphatic rings. The third-order valence-corrected chi connectivity index (χ3v) is 4.38. The van der Waals surface area contributed by atoms with Gasteiger partial charge in [-0.25, -0.2) is 9.59 Å². The monoisotopic (exact) mass is 314 g/mol. The number of carbonyl (C=O) groups excluding carboxylic acids is 2. The predicted molar refractivity (Wildman–Crippen MR) is 78.2 cm³/mol. The molecule has 0 N–H and O–H groups in total. The van der Waals surface area contributed by atoms with Crippen molar-refractivity contribution in [1.29, 1.82) is 0 Å². The lowest BCUT2D eigenvalue weighted by Gasteiger charge is -2.41. The summed E-state index contributed by atoms with van der Waals surface area (Å²) in [4.78, 5) is 23.5. The van der Waals surface area contributed by atoms with Gasteiger partial charge in [-0.2, -0.15) is 0 Å². The summed E-state index contributed by atoms with van der Waals surface area (Å²) >= 11 is 0. The lowest BCUT2D eigenvalue weighted by atomic mass is 9.82. The van der Waals surface area contributed by atoms with Gasteiger partial charge in [0.2, 0.25) is 0 Å². The van der Waals surface area contributed by atoms with Gasteiger partial charge < -0.3 is 18.9 Å². The van der Waals surface area contributed by atoms with Crippen LogP contribution in [0.5, 0.6) is 0 Å². The molecule has 2 aliphatic heterocycles. The second-order valence-corrected chi connectivity index (χ2v) is 6.64. The summed E-state index contributed by atoms with van der Waals surface area (Å²) in [5, 5.41) is 0. The Balaban J connectivity index is 1.72. The van der Waals surface area contributed by atoms with Crippen molar-refractivity contribution in [3.8, 4) is 0 Å². The first-order valence-corrected chi connectivity index (χ1v) is 8.04. The zero-order valence-electron chi connectivity index (χ0n) is 13.5. The molecule has 0 aliphatic carbocycles. The van der Waals surface area contributed by atoms with Crippen molar-refractivity contribution in [2.75, 3.05) is 39.6 Å². The summed E-state index contributed by atoms with van der Waals surface area (Å²) in [7, 11) is 0. The van der Waals surface area contributed by atoms with Crippen molar-refractivity contribution in [3.05, 3.63) is 0 Å². The second-order valence-electron chi connectivity index (χ2n) is 6.64. The largest absolute Gasteiger partial charge is 0.456 e. The molecule has 6 nitrogen and oxygen atoms in total. The maximum atomic E-state index is 11.7. The average molecular weight is 314 g/mol. The van der Waals surface area contributed by atoms with Crippen LogP contribution in [0.2, 0.25) is 0 Å². The molecular formula is C16H26O6. The molecule has 0 spiro atoms. The van der Waals surface area contributed by atoms with Crippen LogP contribution >= 0.6 is 0 Å². The number of hydrogen-bond acceptors (Lipinski definition) is 6. The Morgan fingerprint density at radius 1 is 0.818 bits per heavy atom. The van der Waals surface area contributed by atoms with Crippen LogP contribution in [0, 0.1) is 10.8 Å². The first-order valence-electron chi connectivity index (χ1n) is 8.04. The Morgan fingerprint density at radius 3 is 1.41 bits per heavy atom. The van der Waals surface area contributed by atoms with E-state index in [9.17, 15) is 9.59 Å². The van der Waals surface area contributed by atoms with Crippen LogP contribution in [0.15, 0.2) is 0 Å². The third-order valence-electron chi connectivity index (χ3n) is 4.38. The van der Waals surface area contributed by atoms with E-state index in [1.807, 2.05) is 0 Å². The van der Waals surface area contributed by atoms with Gasteiger partial charge in [-0.3, -0.25) is 0 Å². The number of carbonyl (C=O) groups is 2. The zero-order valence-corrected chi connectivity index (χ0v) is 13.5. The van der Waals surface area contributed by atoms with Crippen molar-refractivity contribution in [1.82, 2.24) is 0 Å². The van der Waals surface area contributed by atoms with Crippen LogP contribution in [0.1, 0.15) is 39.5 Å². The molecule has 0 amide bonds. The minimum atomic E-state index is -0.908. The molecule has 0 aromatic rings. The molecule has 0 atom stereocenters. The van der Waals surface area contributed by atoms with E-state index in [1.54, 1.807) is 0 Å². The molecule has 2 rings (SSSR count). The van der Waals surface area contributed by atoms with E-state index < -0.39 is 11.9 Å². The minimum Gasteiger partial charge on any atom is -0.456 e. The van der Waals surface area contributed by atoms with Gasteiger partial charge in [-0.15, -0.1) is 0 Å². The molecule has 0 aromatic heterocycles. The molecule has 0 radical (unpaired) electrons. The summed E-state index contributed by atoms with van der Waals surface area (Å²) in [5.74, 6) is -1.82. The van der Waals surface area contributed by atoms with E-state index in [4.69, 9.17) is 18.9 Å². The molecule has 0 unspecified atom stereocenters. The highest BCUT2D eigenvalue weighted by Crippen LogP contribution is 2.34. The molecule has 6 heteroatoms. The fourth-order valence-electron chi connectivity index (χ4n) is 3.00. The molecule has 2 fully saturated rings. The summed E-state index contributed by atoms with van der Waals surface area (Å²) < 4.78 is 20.6. The normalized spacial score (nSPS) is 21.4. The highest BCUT2D eigenvalue weighted by molar-refractivity contribution is 6.29. The molecule has 2 saturated heterocycles. The maximum Gasteiger partial charge on any atom is 0.417 e. The second kappa shape index (κ2) is 7.42. The first-order chi connectivity index (χ1) is 10.5. The van der Waals surface area contributed by atoms with Crippen LogP contribution < -0.4 is 0 Å². The fraction of sp³-hybridized carbons (Fsp3) is 0.875. The molecule has 2 heterocycles. The quantitative estimate of drug-likeness (QED) is 0.502. The highest BCUT2D eigenvalue weighted by atomic mass is 16.6. The molecule has 0 aromatic carbocycles. The van der Waals surface area contributed by atoms with E-state index in [2.05, 4.69) is 13.8 Å². The van der Waals surface area contributed by atoms with Gasteiger partial charge >= 0.3 is 11.9 Å². The van der Waals surface area contributed by atoms with Crippen LogP contribution in [-0.4, -0.2) is 51.6 Å². The first kappa shape index (κ1) is 17.2. The van der Waals surface area contributed by atoms with Crippen LogP contribution in [0.25, 0.3) is 0 Å². The van der Waals surface area contributed by atoms with Gasteiger partial charge in [0, 0.05) is 0 Å². The van der Waals surface area contributed by atoms with E-state index in [-0.39, 0.29) is 24.0 Å². The van der Waals surface area contributed by atoms with Crippen LogP contribution in [-0.2, 0) is 28.5 Å². The van der Waals surface area contributed by atoms with Crippen molar-refractivity contribution < 1.29 is 28.5 Å². The zero-order chi connectivity index (χ0) is 16.1. The minimum absolute atomic E-state index is 0.115. The molecule has 126 valence electrons. The van der Waals surface area contributed by atoms with Crippen LogP contribution in [0.3, 0.4) is 0 Å². The van der Waals surface area contributed by atoms with Crippen molar-refractivity contribution in [3.63, 3.8) is 0 Å². The fourth-order valence-corrected chi connectivity index (χ4v) is 3.00. The van der Waals surface area contributed by atoms with Crippen molar-refractivity contribution in [2.24, 2.45) is 10.8 Å². The average Bonchev–Trinajstić information content (AvgIpc) is 2.43. The van der Waals surface area contributed by atoms with Gasteiger partial charge in [0.15, 0.2) is 0 Å². The number of hydrogen-bond donors (Lipinski definition) is 0. The van der Waals surface area contributed by atoms with E-state index in [0.717, 1.165) is 25.7 Å². The Labute approximate surface area is 131 Å². The topological polar surface area (TPSA) is 71.1 Å². The van der Waals surface area contributed by atoms with Gasteiger partial charge in [0.25, 0.3) is 0 Å². The summed E-state index contributed by atoms with van der Waals surface area (Å²) in [5.41, 5.74) is -0.230. The Kier molecular flexibility index (Phi) is 5.81. The Hall–Kier alpha value is -1.14. The molecular weight excluding hydrogens is 288 g/mol. The van der Waals surface area contributed by atoms with Gasteiger partial charge in [0.1, 0.15) is 13.2 Å². The predicted octanol–water partition coefficient (Wildman–Crippen LogP) is 1.71. The maximum absolute atomic E-state index is 11.7. The summed E-state index contributed by atoms with van der Waals surface area (Å²) in [6.07, 6.45) is 3.83. The smallest absolute Gasteiger partial charge is 0.417 e. The van der Waals surface area contributed by atoms with E-state index in [1.165, 1.54) is 0 Å². The molecule has 22 heavy (non-hydrogen) atoms. The number of esters is 2. The molecule has 0 bridgehead atoms. The van der Waals surface area contributed by atoms with Gasteiger partial charge in [0.05, 0.1) is 37.3 Å². The van der Waals surface area contributed by atoms with Crippen molar-refractivity contribution in [2.45, 2.75) is 39.5 Å².